The molecule has 41 heavy (non-hydrogen) atoms. The van der Waals surface area contributed by atoms with Crippen molar-refractivity contribution in [2.45, 2.75) is 50.4 Å². The number of piperidine rings is 1. The number of rotatable bonds is 4. The van der Waals surface area contributed by atoms with E-state index in [0.717, 1.165) is 30.5 Å². The Morgan fingerprint density at radius 3 is 2.39 bits per heavy atom. The number of ether oxygens (including phenoxy) is 1. The zero-order valence-electron chi connectivity index (χ0n) is 22.6. The molecule has 216 valence electrons. The van der Waals surface area contributed by atoms with Crippen molar-refractivity contribution < 1.29 is 23.4 Å². The molecule has 1 aromatic carbocycles. The first kappa shape index (κ1) is 31.0. The number of carbonyl (C=O) groups excluding carboxylic acids is 1. The molecule has 1 aliphatic heterocycles. The Labute approximate surface area is 237 Å². The van der Waals surface area contributed by atoms with E-state index in [1.54, 1.807) is 21.7 Å². The van der Waals surface area contributed by atoms with E-state index in [2.05, 4.69) is 41.1 Å². The van der Waals surface area contributed by atoms with Gasteiger partial charge in [-0.2, -0.15) is 0 Å². The van der Waals surface area contributed by atoms with Crippen LogP contribution in [-0.4, -0.2) is 56.5 Å². The van der Waals surface area contributed by atoms with Crippen LogP contribution in [0.2, 0.25) is 0 Å². The second kappa shape index (κ2) is 14.7. The van der Waals surface area contributed by atoms with Gasteiger partial charge in [0.25, 0.3) is 0 Å². The molecule has 0 bridgehead atoms. The number of aryl methyl sites for hydroxylation is 1. The van der Waals surface area contributed by atoms with E-state index in [9.17, 15) is 23.5 Å². The first-order valence-electron chi connectivity index (χ1n) is 13.1. The second-order valence-corrected chi connectivity index (χ2v) is 9.34. The third-order valence-corrected chi connectivity index (χ3v) is 6.93. The fraction of sp³-hybridized carbons (Fsp3) is 0.333. The van der Waals surface area contributed by atoms with Gasteiger partial charge in [-0.25, -0.2) is 23.4 Å². The molecule has 2 aromatic heterocycles. The number of aromatic nitrogens is 3. The molecular weight excluding hydrogens is 532 g/mol. The number of aromatic amines is 1. The van der Waals surface area contributed by atoms with Crippen LogP contribution in [0.3, 0.4) is 0 Å². The first-order chi connectivity index (χ1) is 19.8. The molecule has 0 spiro atoms. The molecule has 1 saturated heterocycles. The number of nitrogens with zero attached hydrogens (tertiary/aromatic N) is 4. The minimum absolute atomic E-state index is 0.0813. The number of amides is 1. The van der Waals surface area contributed by atoms with Crippen LogP contribution in [0.1, 0.15) is 54.8 Å². The van der Waals surface area contributed by atoms with Gasteiger partial charge in [0.2, 0.25) is 0 Å². The number of H-pyrrole nitrogens is 1. The zero-order valence-corrected chi connectivity index (χ0v) is 22.6. The van der Waals surface area contributed by atoms with E-state index in [0.29, 0.717) is 49.6 Å². The van der Waals surface area contributed by atoms with Crippen molar-refractivity contribution in [2.24, 2.45) is 4.99 Å². The summed E-state index contributed by atoms with van der Waals surface area (Å²) < 4.78 is 31.3. The van der Waals surface area contributed by atoms with Crippen LogP contribution in [0.25, 0.3) is 6.08 Å². The van der Waals surface area contributed by atoms with Crippen LogP contribution in [0.15, 0.2) is 59.0 Å². The molecule has 1 aliphatic carbocycles. The van der Waals surface area contributed by atoms with Gasteiger partial charge in [0, 0.05) is 25.3 Å². The Kier molecular flexibility index (Phi) is 11.1. The van der Waals surface area contributed by atoms with Crippen LogP contribution in [0, 0.1) is 24.5 Å². The molecule has 0 saturated carbocycles. The third kappa shape index (κ3) is 7.35. The van der Waals surface area contributed by atoms with Gasteiger partial charge in [-0.15, -0.1) is 12.8 Å². The van der Waals surface area contributed by atoms with Crippen LogP contribution < -0.4 is 5.69 Å². The smallest absolute Gasteiger partial charge is 0.410 e. The summed E-state index contributed by atoms with van der Waals surface area (Å²) in [7, 11) is 0. The topological polar surface area (TPSA) is 113 Å². The summed E-state index contributed by atoms with van der Waals surface area (Å²) in [4.78, 5) is 37.8. The summed E-state index contributed by atoms with van der Waals surface area (Å²) in [5.41, 5.74) is 1.98. The summed E-state index contributed by atoms with van der Waals surface area (Å²) in [6.45, 7) is 8.12. The number of imidazole rings is 1. The number of pyridine rings is 1. The molecule has 1 fully saturated rings. The van der Waals surface area contributed by atoms with Crippen molar-refractivity contribution in [1.29, 1.82) is 0 Å². The average Bonchev–Trinajstić information content (AvgIpc) is 3.25. The number of hydrogen-bond donors (Lipinski definition) is 2. The highest BCUT2D eigenvalue weighted by atomic mass is 19.2. The molecule has 3 heterocycles. The lowest BCUT2D eigenvalue weighted by molar-refractivity contribution is -0.0202. The summed E-state index contributed by atoms with van der Waals surface area (Å²) in [5, 5.41) is 10.5. The Morgan fingerprint density at radius 2 is 1.80 bits per heavy atom. The molecule has 2 N–H and O–H groups in total. The van der Waals surface area contributed by atoms with Crippen molar-refractivity contribution in [3.8, 4) is 12.8 Å². The van der Waals surface area contributed by atoms with E-state index in [1.165, 1.54) is 12.1 Å². The number of likely N-dealkylation sites (tertiary alicyclic amines) is 1. The Morgan fingerprint density at radius 1 is 1.15 bits per heavy atom. The minimum Gasteiger partial charge on any atom is -0.437 e. The van der Waals surface area contributed by atoms with Crippen molar-refractivity contribution in [2.75, 3.05) is 13.1 Å². The largest absolute Gasteiger partial charge is 0.437 e. The maximum Gasteiger partial charge on any atom is 0.410 e. The fourth-order valence-corrected chi connectivity index (χ4v) is 4.94. The van der Waals surface area contributed by atoms with E-state index in [4.69, 9.17) is 4.74 Å². The minimum atomic E-state index is -0.799. The maximum absolute atomic E-state index is 12.9. The third-order valence-electron chi connectivity index (χ3n) is 6.93. The van der Waals surface area contributed by atoms with E-state index in [1.807, 2.05) is 12.1 Å². The summed E-state index contributed by atoms with van der Waals surface area (Å²) >= 11 is 0. The van der Waals surface area contributed by atoms with Crippen molar-refractivity contribution in [1.82, 2.24) is 19.4 Å². The van der Waals surface area contributed by atoms with Gasteiger partial charge < -0.3 is 14.7 Å². The first-order valence-corrected chi connectivity index (χ1v) is 13.1. The van der Waals surface area contributed by atoms with E-state index >= 15 is 0 Å². The Bertz CT molecular complexity index is 1400. The SMILES string of the molecule is C#C.C=Cc1c(N=C)[nH]c(=O)n1C1CCN(C(=O)O[C@H]2c3ncccc3CCC[C@H]2O)CC1.Fc1ccccc1F. The quantitative estimate of drug-likeness (QED) is 0.264. The highest BCUT2D eigenvalue weighted by molar-refractivity contribution is 5.68. The molecule has 11 heteroatoms. The number of benzene rings is 1. The van der Waals surface area contributed by atoms with Crippen LogP contribution in [-0.2, 0) is 11.2 Å². The van der Waals surface area contributed by atoms with Crippen LogP contribution in [0.5, 0.6) is 0 Å². The van der Waals surface area contributed by atoms with Gasteiger partial charge >= 0.3 is 11.8 Å². The number of aliphatic hydroxyl groups excluding tert-OH is 1. The van der Waals surface area contributed by atoms with Gasteiger partial charge in [-0.3, -0.25) is 14.5 Å². The predicted octanol–water partition coefficient (Wildman–Crippen LogP) is 4.97. The maximum atomic E-state index is 12.9. The zero-order chi connectivity index (χ0) is 29.9. The lowest BCUT2D eigenvalue weighted by atomic mass is 10.0. The summed E-state index contributed by atoms with van der Waals surface area (Å²) in [6, 6.07) is 8.78. The number of carbonyl (C=O) groups is 1. The summed E-state index contributed by atoms with van der Waals surface area (Å²) in [6.07, 6.45) is 12.6. The highest BCUT2D eigenvalue weighted by Crippen LogP contribution is 2.32. The molecular formula is C30H33F2N5O4. The van der Waals surface area contributed by atoms with Gasteiger partial charge in [-0.1, -0.05) is 24.8 Å². The molecule has 0 unspecified atom stereocenters. The predicted molar refractivity (Wildman–Crippen MR) is 153 cm³/mol. The van der Waals surface area contributed by atoms with Gasteiger partial charge in [-0.05, 0) is 68.7 Å². The van der Waals surface area contributed by atoms with Gasteiger partial charge in [0.1, 0.15) is 0 Å². The van der Waals surface area contributed by atoms with Crippen molar-refractivity contribution in [3.05, 3.63) is 88.2 Å². The lowest BCUT2D eigenvalue weighted by Crippen LogP contribution is -2.42. The molecule has 3 aromatic rings. The number of hydrogen-bond acceptors (Lipinski definition) is 6. The van der Waals surface area contributed by atoms with Gasteiger partial charge in [0.15, 0.2) is 23.6 Å². The van der Waals surface area contributed by atoms with E-state index in [-0.39, 0.29) is 11.7 Å². The van der Waals surface area contributed by atoms with Crippen LogP contribution in [0.4, 0.5) is 19.4 Å². The Hall–Kier alpha value is -4.56. The molecule has 2 atom stereocenters. The summed E-state index contributed by atoms with van der Waals surface area (Å²) in [5.74, 6) is -1.20. The van der Waals surface area contributed by atoms with Crippen molar-refractivity contribution >= 4 is 24.7 Å². The average molecular weight is 566 g/mol. The molecule has 1 amide bonds. The van der Waals surface area contributed by atoms with Gasteiger partial charge in [0.05, 0.1) is 17.5 Å². The normalized spacial score (nSPS) is 18.3. The molecule has 9 nitrogen and oxygen atoms in total. The Balaban J connectivity index is 0.000000394. The molecule has 5 rings (SSSR count). The standard InChI is InChI=1S/C22H27N5O4.C6H4F2.C2H2/c1-3-16-20(23-2)25-21(29)27(16)15-9-12-26(13-10-15)22(30)31-19-17(28)8-4-6-14-7-5-11-24-18(14)19;7-5-3-1-2-4-6(5)8;1-2/h3,5,7,11,15,17,19,28H,1-2,4,6,8-10,12-13H2,(H,25,29);1-4H;1-2H/t17-,19-;;/m1../s1. The fourth-order valence-electron chi connectivity index (χ4n) is 4.94. The number of halogens is 2. The lowest BCUT2D eigenvalue weighted by Gasteiger charge is -2.33. The number of nitrogens with one attached hydrogen (secondary N) is 1. The monoisotopic (exact) mass is 565 g/mol. The second-order valence-electron chi connectivity index (χ2n) is 9.34. The van der Waals surface area contributed by atoms with E-state index < -0.39 is 29.9 Å². The van der Waals surface area contributed by atoms with Crippen LogP contribution >= 0.6 is 0 Å². The number of aliphatic imine (C=N–C) groups is 1. The molecule has 0 radical (unpaired) electrons. The number of fused-ring (bicyclic) bond motifs is 1. The highest BCUT2D eigenvalue weighted by Gasteiger charge is 2.34. The number of terminal acetylenes is 1. The number of aliphatic hydroxyl groups is 1. The van der Waals surface area contributed by atoms with Crippen molar-refractivity contribution in [3.63, 3.8) is 0 Å². The molecule has 2 aliphatic rings.